The van der Waals surface area contributed by atoms with E-state index in [1.54, 1.807) is 12.1 Å². The smallest absolute Gasteiger partial charge is 0.292 e. The summed E-state index contributed by atoms with van der Waals surface area (Å²) in [5, 5.41) is 17.8. The van der Waals surface area contributed by atoms with Crippen LogP contribution in [0.4, 0.5) is 17.1 Å². The number of nitrogens with zero attached hydrogens (tertiary/aromatic N) is 1. The third kappa shape index (κ3) is 2.58. The second-order valence-electron chi connectivity index (χ2n) is 5.78. The number of nitro benzene ring substituents is 1. The van der Waals surface area contributed by atoms with Gasteiger partial charge in [0.1, 0.15) is 5.69 Å². The minimum atomic E-state index is -0.332. The van der Waals surface area contributed by atoms with E-state index in [1.165, 1.54) is 0 Å². The lowest BCUT2D eigenvalue weighted by Gasteiger charge is -2.12. The molecule has 0 unspecified atom stereocenters. The fourth-order valence-corrected chi connectivity index (χ4v) is 3.16. The van der Waals surface area contributed by atoms with Gasteiger partial charge in [0.2, 0.25) is 6.79 Å². The third-order valence-corrected chi connectivity index (χ3v) is 4.33. The normalized spacial score (nSPS) is 14.2. The summed E-state index contributed by atoms with van der Waals surface area (Å²) in [7, 11) is 0. The van der Waals surface area contributed by atoms with Crippen LogP contribution in [0.3, 0.4) is 0 Å². The summed E-state index contributed by atoms with van der Waals surface area (Å²) < 4.78 is 10.7. The number of anilines is 2. The SMILES string of the molecule is O=[N+]([O-])c1ccc2c(c1NCCc1ccc3c(c1)OCO3)CCN2. The van der Waals surface area contributed by atoms with Gasteiger partial charge in [0.25, 0.3) is 5.69 Å². The number of rotatable bonds is 5. The summed E-state index contributed by atoms with van der Waals surface area (Å²) in [5.74, 6) is 1.51. The van der Waals surface area contributed by atoms with Crippen molar-refractivity contribution >= 4 is 17.1 Å². The lowest BCUT2D eigenvalue weighted by Crippen LogP contribution is -2.09. The molecule has 4 rings (SSSR count). The minimum Gasteiger partial charge on any atom is -0.454 e. The number of fused-ring (bicyclic) bond motifs is 2. The largest absolute Gasteiger partial charge is 0.454 e. The van der Waals surface area contributed by atoms with Crippen LogP contribution in [-0.4, -0.2) is 24.8 Å². The zero-order valence-corrected chi connectivity index (χ0v) is 13.0. The second kappa shape index (κ2) is 5.92. The Morgan fingerprint density at radius 1 is 1.21 bits per heavy atom. The second-order valence-corrected chi connectivity index (χ2v) is 5.78. The monoisotopic (exact) mass is 327 g/mol. The van der Waals surface area contributed by atoms with Gasteiger partial charge in [0.15, 0.2) is 11.5 Å². The topological polar surface area (TPSA) is 85.7 Å². The Morgan fingerprint density at radius 3 is 2.96 bits per heavy atom. The first-order chi connectivity index (χ1) is 11.7. The molecular weight excluding hydrogens is 310 g/mol. The van der Waals surface area contributed by atoms with Crippen LogP contribution in [0.5, 0.6) is 11.5 Å². The van der Waals surface area contributed by atoms with Crippen LogP contribution in [0.1, 0.15) is 11.1 Å². The molecule has 2 heterocycles. The number of ether oxygens (including phenoxy) is 2. The van der Waals surface area contributed by atoms with Gasteiger partial charge in [-0.1, -0.05) is 6.07 Å². The first kappa shape index (κ1) is 14.6. The van der Waals surface area contributed by atoms with E-state index in [1.807, 2.05) is 18.2 Å². The third-order valence-electron chi connectivity index (χ3n) is 4.33. The molecule has 0 fully saturated rings. The fourth-order valence-electron chi connectivity index (χ4n) is 3.16. The van der Waals surface area contributed by atoms with E-state index >= 15 is 0 Å². The molecule has 0 saturated heterocycles. The molecule has 2 aromatic rings. The zero-order chi connectivity index (χ0) is 16.5. The number of hydrogen-bond donors (Lipinski definition) is 2. The molecule has 7 heteroatoms. The van der Waals surface area contributed by atoms with Gasteiger partial charge < -0.3 is 20.1 Å². The number of hydrogen-bond acceptors (Lipinski definition) is 6. The van der Waals surface area contributed by atoms with Gasteiger partial charge in [-0.25, -0.2) is 0 Å². The molecule has 124 valence electrons. The van der Waals surface area contributed by atoms with Gasteiger partial charge in [0, 0.05) is 30.4 Å². The van der Waals surface area contributed by atoms with Crippen LogP contribution in [0, 0.1) is 10.1 Å². The summed E-state index contributed by atoms with van der Waals surface area (Å²) in [6.07, 6.45) is 1.54. The van der Waals surface area contributed by atoms with Gasteiger partial charge in [-0.05, 0) is 36.6 Å². The van der Waals surface area contributed by atoms with Gasteiger partial charge in [-0.3, -0.25) is 10.1 Å². The van der Waals surface area contributed by atoms with E-state index in [2.05, 4.69) is 10.6 Å². The molecule has 2 aliphatic rings. The van der Waals surface area contributed by atoms with Gasteiger partial charge in [-0.15, -0.1) is 0 Å². The number of benzene rings is 2. The highest BCUT2D eigenvalue weighted by Gasteiger charge is 2.23. The van der Waals surface area contributed by atoms with Crippen molar-refractivity contribution in [2.45, 2.75) is 12.8 Å². The van der Waals surface area contributed by atoms with Crippen molar-refractivity contribution in [3.8, 4) is 11.5 Å². The lowest BCUT2D eigenvalue weighted by molar-refractivity contribution is -0.384. The van der Waals surface area contributed by atoms with Crippen molar-refractivity contribution in [1.82, 2.24) is 0 Å². The average molecular weight is 327 g/mol. The number of nitro groups is 1. The highest BCUT2D eigenvalue weighted by molar-refractivity contribution is 5.77. The molecule has 24 heavy (non-hydrogen) atoms. The van der Waals surface area contributed by atoms with E-state index in [9.17, 15) is 10.1 Å². The van der Waals surface area contributed by atoms with Crippen LogP contribution in [0.2, 0.25) is 0 Å². The average Bonchev–Trinajstić information content (AvgIpc) is 3.23. The predicted molar refractivity (Wildman–Crippen MR) is 90.0 cm³/mol. The van der Waals surface area contributed by atoms with Crippen LogP contribution >= 0.6 is 0 Å². The Balaban J connectivity index is 1.50. The Labute approximate surface area is 138 Å². The van der Waals surface area contributed by atoms with Crippen molar-refractivity contribution in [3.63, 3.8) is 0 Å². The molecule has 0 atom stereocenters. The van der Waals surface area contributed by atoms with Gasteiger partial charge in [-0.2, -0.15) is 0 Å². The van der Waals surface area contributed by atoms with Crippen molar-refractivity contribution in [2.24, 2.45) is 0 Å². The van der Waals surface area contributed by atoms with E-state index in [0.29, 0.717) is 12.2 Å². The zero-order valence-electron chi connectivity index (χ0n) is 13.0. The molecule has 0 spiro atoms. The summed E-state index contributed by atoms with van der Waals surface area (Å²) in [6.45, 7) is 1.68. The maximum atomic E-state index is 11.3. The fraction of sp³-hybridized carbons (Fsp3) is 0.294. The van der Waals surface area contributed by atoms with Crippen LogP contribution in [0.25, 0.3) is 0 Å². The molecule has 0 bridgehead atoms. The van der Waals surface area contributed by atoms with Gasteiger partial charge >= 0.3 is 0 Å². The highest BCUT2D eigenvalue weighted by atomic mass is 16.7. The quantitative estimate of drug-likeness (QED) is 0.649. The minimum absolute atomic E-state index is 0.128. The predicted octanol–water partition coefficient (Wildman–Crippen LogP) is 2.95. The molecule has 7 nitrogen and oxygen atoms in total. The molecule has 0 amide bonds. The molecule has 2 aliphatic heterocycles. The van der Waals surface area contributed by atoms with Crippen molar-refractivity contribution in [1.29, 1.82) is 0 Å². The first-order valence-electron chi connectivity index (χ1n) is 7.89. The van der Waals surface area contributed by atoms with Crippen molar-refractivity contribution in [3.05, 3.63) is 51.6 Å². The molecule has 0 radical (unpaired) electrons. The van der Waals surface area contributed by atoms with Gasteiger partial charge in [0.05, 0.1) is 4.92 Å². The molecular formula is C17H17N3O4. The first-order valence-corrected chi connectivity index (χ1v) is 7.89. The molecule has 2 N–H and O–H groups in total. The van der Waals surface area contributed by atoms with E-state index in [4.69, 9.17) is 9.47 Å². The molecule has 0 aromatic heterocycles. The Bertz CT molecular complexity index is 807. The maximum absolute atomic E-state index is 11.3. The number of nitrogens with one attached hydrogen (secondary N) is 2. The summed E-state index contributed by atoms with van der Waals surface area (Å²) in [5.41, 5.74) is 3.83. The van der Waals surface area contributed by atoms with E-state index in [0.717, 1.165) is 47.7 Å². The van der Waals surface area contributed by atoms with Crippen LogP contribution in [0.15, 0.2) is 30.3 Å². The standard InChI is InChI=1S/C17H17N3O4/c21-20(22)14-3-2-13-12(6-8-18-13)17(14)19-7-5-11-1-4-15-16(9-11)24-10-23-15/h1-4,9,18-19H,5-8,10H2. The maximum Gasteiger partial charge on any atom is 0.292 e. The molecule has 0 saturated carbocycles. The Kier molecular flexibility index (Phi) is 3.60. The van der Waals surface area contributed by atoms with E-state index in [-0.39, 0.29) is 17.4 Å². The van der Waals surface area contributed by atoms with Crippen molar-refractivity contribution < 1.29 is 14.4 Å². The van der Waals surface area contributed by atoms with E-state index < -0.39 is 0 Å². The molecule has 0 aliphatic carbocycles. The molecule has 2 aromatic carbocycles. The summed E-state index contributed by atoms with van der Waals surface area (Å²) >= 11 is 0. The van der Waals surface area contributed by atoms with Crippen LogP contribution < -0.4 is 20.1 Å². The lowest BCUT2D eigenvalue weighted by atomic mass is 10.1. The Morgan fingerprint density at radius 2 is 2.08 bits per heavy atom. The summed E-state index contributed by atoms with van der Waals surface area (Å²) in [4.78, 5) is 11.0. The van der Waals surface area contributed by atoms with Crippen molar-refractivity contribution in [2.75, 3.05) is 30.5 Å². The highest BCUT2D eigenvalue weighted by Crippen LogP contribution is 2.37. The summed E-state index contributed by atoms with van der Waals surface area (Å²) in [6, 6.07) is 9.17. The van der Waals surface area contributed by atoms with Crippen LogP contribution in [-0.2, 0) is 12.8 Å². The Hall–Kier alpha value is -2.96.